The van der Waals surface area contributed by atoms with Crippen molar-refractivity contribution in [2.75, 3.05) is 0 Å². The Balaban J connectivity index is 1.80. The van der Waals surface area contributed by atoms with Gasteiger partial charge in [-0.3, -0.25) is 0 Å². The van der Waals surface area contributed by atoms with E-state index in [4.69, 9.17) is 0 Å². The standard InChI is InChI=1S/C12H13N3O2/c1-13-11(16)14-9-4-2-3-5-7(4)10(8(5)6(3)9)15(14)12(13)17/h3-10H,2H2,1H3/t3-,4+,5+,6-,7-,8-,9+,10+/m0/s1. The first-order chi connectivity index (χ1) is 8.22. The molecule has 8 atom stereocenters. The molecule has 4 aliphatic carbocycles. The zero-order valence-corrected chi connectivity index (χ0v) is 9.48. The Kier molecular flexibility index (Phi) is 0.867. The maximum absolute atomic E-state index is 12.2. The van der Waals surface area contributed by atoms with E-state index in [9.17, 15) is 9.59 Å². The van der Waals surface area contributed by atoms with Crippen molar-refractivity contribution in [2.24, 2.45) is 42.6 Å². The molecule has 17 heavy (non-hydrogen) atoms. The summed E-state index contributed by atoms with van der Waals surface area (Å²) in [7, 11) is 1.61. The largest absolute Gasteiger partial charge is 0.347 e. The van der Waals surface area contributed by atoms with E-state index in [-0.39, 0.29) is 11.4 Å². The molecule has 0 N–H and O–H groups in total. The lowest BCUT2D eigenvalue weighted by atomic mass is 9.37. The van der Waals surface area contributed by atoms with Crippen LogP contribution in [-0.4, -0.2) is 13.9 Å². The van der Waals surface area contributed by atoms with Crippen LogP contribution >= 0.6 is 0 Å². The summed E-state index contributed by atoms with van der Waals surface area (Å²) in [6, 6.07) is 0.742. The van der Waals surface area contributed by atoms with Gasteiger partial charge in [-0.2, -0.15) is 0 Å². The van der Waals surface area contributed by atoms with E-state index in [2.05, 4.69) is 0 Å². The minimum atomic E-state index is -0.0873. The van der Waals surface area contributed by atoms with Crippen LogP contribution in [0.5, 0.6) is 0 Å². The van der Waals surface area contributed by atoms with E-state index >= 15 is 0 Å². The Bertz CT molecular complexity index is 706. The lowest BCUT2D eigenvalue weighted by molar-refractivity contribution is -0.264. The average molecular weight is 231 g/mol. The van der Waals surface area contributed by atoms with Gasteiger partial charge in [0.2, 0.25) is 0 Å². The lowest BCUT2D eigenvalue weighted by Gasteiger charge is -2.73. The first kappa shape index (κ1) is 7.95. The number of rotatable bonds is 0. The highest BCUT2D eigenvalue weighted by atomic mass is 16.2. The van der Waals surface area contributed by atoms with Crippen molar-refractivity contribution in [2.45, 2.75) is 18.5 Å². The van der Waals surface area contributed by atoms with Gasteiger partial charge >= 0.3 is 11.4 Å². The maximum Gasteiger partial charge on any atom is 0.347 e. The fraction of sp³-hybridized carbons (Fsp3) is 0.833. The molecular weight excluding hydrogens is 218 g/mol. The minimum Gasteiger partial charge on any atom is -0.246 e. The first-order valence-corrected chi connectivity index (χ1v) is 6.62. The smallest absolute Gasteiger partial charge is 0.246 e. The molecule has 4 saturated carbocycles. The predicted molar refractivity (Wildman–Crippen MR) is 57.6 cm³/mol. The molecular formula is C12H13N3O2. The van der Waals surface area contributed by atoms with E-state index < -0.39 is 0 Å². The third-order valence-electron chi connectivity index (χ3n) is 6.75. The molecule has 3 heterocycles. The molecule has 5 nitrogen and oxygen atoms in total. The van der Waals surface area contributed by atoms with Crippen LogP contribution in [0.4, 0.5) is 0 Å². The van der Waals surface area contributed by atoms with Crippen LogP contribution in [0.25, 0.3) is 0 Å². The zero-order valence-electron chi connectivity index (χ0n) is 9.48. The minimum absolute atomic E-state index is 0.0853. The van der Waals surface area contributed by atoms with Crippen molar-refractivity contribution in [3.8, 4) is 0 Å². The molecule has 1 aromatic rings. The van der Waals surface area contributed by atoms with Crippen molar-refractivity contribution >= 4 is 0 Å². The summed E-state index contributed by atoms with van der Waals surface area (Å²) >= 11 is 0. The average Bonchev–Trinajstić information content (AvgIpc) is 2.80. The SMILES string of the molecule is Cn1c(=O)n2n(c1=O)[C@@H]1[C@@H]3C[C@H]4[C@H]5[C@@H]([C@H]41)[C@H]2[C@@H]35. The monoisotopic (exact) mass is 231 g/mol. The number of nitrogens with zero attached hydrogens (tertiary/aromatic N) is 3. The van der Waals surface area contributed by atoms with Gasteiger partial charge in [0.25, 0.3) is 0 Å². The second-order valence-electron chi connectivity index (χ2n) is 6.67. The number of hydrogen-bond acceptors (Lipinski definition) is 2. The molecule has 7 rings (SSSR count). The van der Waals surface area contributed by atoms with Crippen LogP contribution in [0.15, 0.2) is 9.59 Å². The molecule has 88 valence electrons. The predicted octanol–water partition coefficient (Wildman–Crippen LogP) is -0.414. The van der Waals surface area contributed by atoms with Crippen molar-refractivity contribution in [1.29, 1.82) is 0 Å². The van der Waals surface area contributed by atoms with E-state index in [1.807, 2.05) is 9.36 Å². The number of hydrogen-bond donors (Lipinski definition) is 0. The molecule has 5 heteroatoms. The summed E-state index contributed by atoms with van der Waals surface area (Å²) in [6.07, 6.45) is 1.33. The summed E-state index contributed by atoms with van der Waals surface area (Å²) in [4.78, 5) is 24.3. The molecule has 4 bridgehead atoms. The zero-order chi connectivity index (χ0) is 11.2. The van der Waals surface area contributed by atoms with Crippen LogP contribution in [0.1, 0.15) is 18.5 Å². The highest BCUT2D eigenvalue weighted by molar-refractivity contribution is 5.30. The second kappa shape index (κ2) is 1.85. The summed E-state index contributed by atoms with van der Waals surface area (Å²) in [6.45, 7) is 0. The summed E-state index contributed by atoms with van der Waals surface area (Å²) in [5, 5.41) is 0. The fourth-order valence-electron chi connectivity index (χ4n) is 6.52. The third kappa shape index (κ3) is 0.478. The van der Waals surface area contributed by atoms with E-state index in [1.54, 1.807) is 7.05 Å². The molecule has 0 saturated heterocycles. The van der Waals surface area contributed by atoms with Crippen LogP contribution in [-0.2, 0) is 7.05 Å². The lowest BCUT2D eigenvalue weighted by Crippen LogP contribution is -2.73. The van der Waals surface area contributed by atoms with Crippen molar-refractivity contribution < 1.29 is 0 Å². The fourth-order valence-corrected chi connectivity index (χ4v) is 6.52. The third-order valence-corrected chi connectivity index (χ3v) is 6.75. The van der Waals surface area contributed by atoms with Crippen molar-refractivity contribution in [3.63, 3.8) is 0 Å². The molecule has 0 amide bonds. The molecule has 6 aliphatic rings. The molecule has 4 fully saturated rings. The Hall–Kier alpha value is -1.26. The Morgan fingerprint density at radius 3 is 2.24 bits per heavy atom. The molecule has 0 spiro atoms. The van der Waals surface area contributed by atoms with E-state index in [0.717, 1.165) is 29.6 Å². The molecule has 0 unspecified atom stereocenters. The van der Waals surface area contributed by atoms with Gasteiger partial charge in [-0.05, 0) is 41.9 Å². The van der Waals surface area contributed by atoms with Gasteiger partial charge in [-0.1, -0.05) is 0 Å². The number of aromatic nitrogens is 3. The van der Waals surface area contributed by atoms with Crippen molar-refractivity contribution in [3.05, 3.63) is 21.0 Å². The van der Waals surface area contributed by atoms with Gasteiger partial charge < -0.3 is 0 Å². The van der Waals surface area contributed by atoms with Crippen LogP contribution in [0.2, 0.25) is 0 Å². The topological polar surface area (TPSA) is 48.9 Å². The first-order valence-electron chi connectivity index (χ1n) is 6.62. The highest BCUT2D eigenvalue weighted by Gasteiger charge is 2.83. The van der Waals surface area contributed by atoms with E-state index in [0.29, 0.717) is 18.0 Å². The highest BCUT2D eigenvalue weighted by Crippen LogP contribution is 2.85. The van der Waals surface area contributed by atoms with Gasteiger partial charge in [0.05, 0.1) is 12.1 Å². The Morgan fingerprint density at radius 2 is 1.53 bits per heavy atom. The molecule has 0 radical (unpaired) electrons. The van der Waals surface area contributed by atoms with Crippen LogP contribution < -0.4 is 11.4 Å². The van der Waals surface area contributed by atoms with Crippen molar-refractivity contribution in [1.82, 2.24) is 13.9 Å². The van der Waals surface area contributed by atoms with Gasteiger partial charge in [0.1, 0.15) is 0 Å². The van der Waals surface area contributed by atoms with Gasteiger partial charge in [0, 0.05) is 7.05 Å². The Labute approximate surface area is 96.6 Å². The van der Waals surface area contributed by atoms with Gasteiger partial charge in [-0.25, -0.2) is 23.5 Å². The van der Waals surface area contributed by atoms with E-state index in [1.165, 1.54) is 11.0 Å². The molecule has 0 aromatic carbocycles. The summed E-state index contributed by atoms with van der Waals surface area (Å²) in [5.41, 5.74) is -0.173. The summed E-state index contributed by atoms with van der Waals surface area (Å²) in [5.74, 6) is 4.74. The van der Waals surface area contributed by atoms with Gasteiger partial charge in [0.15, 0.2) is 0 Å². The maximum atomic E-state index is 12.2. The molecule has 2 aliphatic heterocycles. The normalized spacial score (nSPS) is 57.9. The van der Waals surface area contributed by atoms with Crippen LogP contribution in [0.3, 0.4) is 0 Å². The van der Waals surface area contributed by atoms with Gasteiger partial charge in [-0.15, -0.1) is 0 Å². The van der Waals surface area contributed by atoms with Crippen LogP contribution in [0, 0.1) is 35.5 Å². The Morgan fingerprint density at radius 1 is 0.882 bits per heavy atom. The quantitative estimate of drug-likeness (QED) is 0.609. The molecule has 1 aromatic heterocycles. The second-order valence-corrected chi connectivity index (χ2v) is 6.67. The summed E-state index contributed by atoms with van der Waals surface area (Å²) < 4.78 is 4.93.